The van der Waals surface area contributed by atoms with Gasteiger partial charge in [0.15, 0.2) is 0 Å². The predicted molar refractivity (Wildman–Crippen MR) is 65.1 cm³/mol. The van der Waals surface area contributed by atoms with Crippen molar-refractivity contribution in [2.45, 2.75) is 12.1 Å². The molecule has 1 aromatic rings. The molecule has 0 fully saturated rings. The van der Waals surface area contributed by atoms with Crippen molar-refractivity contribution in [3.8, 4) is 5.75 Å². The van der Waals surface area contributed by atoms with E-state index in [1.54, 1.807) is 0 Å². The van der Waals surface area contributed by atoms with Gasteiger partial charge in [-0.3, -0.25) is 4.79 Å². The van der Waals surface area contributed by atoms with Crippen LogP contribution in [0.4, 0.5) is 13.2 Å². The number of alkyl halides is 3. The van der Waals surface area contributed by atoms with E-state index in [0.717, 1.165) is 12.1 Å². The van der Waals surface area contributed by atoms with Crippen LogP contribution in [0.1, 0.15) is 17.0 Å². The Morgan fingerprint density at radius 3 is 2.47 bits per heavy atom. The van der Waals surface area contributed by atoms with E-state index in [0.29, 0.717) is 0 Å². The fourth-order valence-corrected chi connectivity index (χ4v) is 2.32. The maximum atomic E-state index is 12.6. The van der Waals surface area contributed by atoms with Crippen molar-refractivity contribution in [1.82, 2.24) is 0 Å². The lowest BCUT2D eigenvalue weighted by Gasteiger charge is -2.18. The van der Waals surface area contributed by atoms with E-state index in [-0.39, 0.29) is 22.3 Å². The molecule has 0 heterocycles. The molecule has 0 aliphatic carbocycles. The molecule has 0 saturated heterocycles. The molecule has 1 unspecified atom stereocenters. The summed E-state index contributed by atoms with van der Waals surface area (Å²) in [6, 6.07) is 1.56. The van der Waals surface area contributed by atoms with Crippen LogP contribution in [0.25, 0.3) is 0 Å². The summed E-state index contributed by atoms with van der Waals surface area (Å²) in [5.74, 6) is -2.55. The fraction of sp³-hybridized carbons (Fsp3) is 0.364. The number of ether oxygens (including phenoxy) is 1. The van der Waals surface area contributed by atoms with Crippen LogP contribution >= 0.6 is 15.9 Å². The molecule has 1 aromatic carbocycles. The van der Waals surface area contributed by atoms with Crippen LogP contribution in [0.2, 0.25) is 0 Å². The normalized spacial score (nSPS) is 13.2. The van der Waals surface area contributed by atoms with E-state index in [1.807, 2.05) is 0 Å². The maximum absolute atomic E-state index is 12.6. The molecule has 106 valence electrons. The van der Waals surface area contributed by atoms with E-state index in [1.165, 1.54) is 7.11 Å². The van der Waals surface area contributed by atoms with Gasteiger partial charge >= 0.3 is 12.1 Å². The number of carbonyl (C=O) groups is 1. The molecule has 0 radical (unpaired) electrons. The first kappa shape index (κ1) is 15.8. The smallest absolute Gasteiger partial charge is 0.416 e. The summed E-state index contributed by atoms with van der Waals surface area (Å²) in [7, 11) is 1.17. The number of rotatable bonds is 4. The monoisotopic (exact) mass is 341 g/mol. The number of halogens is 4. The quantitative estimate of drug-likeness (QED) is 0.882. The summed E-state index contributed by atoms with van der Waals surface area (Å²) in [4.78, 5) is 11.1. The molecule has 0 saturated carbocycles. The molecule has 0 aliphatic rings. The largest absolute Gasteiger partial charge is 0.496 e. The minimum Gasteiger partial charge on any atom is -0.496 e. The zero-order valence-electron chi connectivity index (χ0n) is 9.79. The molecule has 0 bridgehead atoms. The first-order valence-corrected chi connectivity index (χ1v) is 5.89. The summed E-state index contributed by atoms with van der Waals surface area (Å²) in [5, 5.41) is 9.02. The van der Waals surface area contributed by atoms with Crippen molar-refractivity contribution < 1.29 is 27.8 Å². The topological polar surface area (TPSA) is 72.5 Å². The van der Waals surface area contributed by atoms with Crippen LogP contribution in [0.15, 0.2) is 16.6 Å². The van der Waals surface area contributed by atoms with Gasteiger partial charge < -0.3 is 15.6 Å². The number of benzene rings is 1. The minimum atomic E-state index is -4.55. The van der Waals surface area contributed by atoms with Crippen molar-refractivity contribution in [1.29, 1.82) is 0 Å². The molecule has 0 amide bonds. The van der Waals surface area contributed by atoms with Gasteiger partial charge in [0.1, 0.15) is 5.75 Å². The van der Waals surface area contributed by atoms with E-state index < -0.39 is 23.6 Å². The Bertz CT molecular complexity index is 491. The predicted octanol–water partition coefficient (Wildman–Crippen LogP) is 2.60. The van der Waals surface area contributed by atoms with Crippen LogP contribution in [-0.4, -0.2) is 24.7 Å². The second kappa shape index (κ2) is 5.79. The standard InChI is InChI=1S/C11H11BrF3NO3/c1-19-8-3-5(11(13,14)15)2-7(12)9(8)6(4-16)10(17)18/h2-3,6H,4,16H2,1H3,(H,17,18). The third-order valence-electron chi connectivity index (χ3n) is 2.52. The van der Waals surface area contributed by atoms with E-state index in [9.17, 15) is 18.0 Å². The van der Waals surface area contributed by atoms with Crippen molar-refractivity contribution in [2.24, 2.45) is 5.73 Å². The highest BCUT2D eigenvalue weighted by atomic mass is 79.9. The minimum absolute atomic E-state index is 0.00275. The lowest BCUT2D eigenvalue weighted by molar-refractivity contribution is -0.138. The van der Waals surface area contributed by atoms with Gasteiger partial charge in [-0.1, -0.05) is 15.9 Å². The molecule has 8 heteroatoms. The van der Waals surface area contributed by atoms with Crippen LogP contribution in [0.3, 0.4) is 0 Å². The first-order chi connectivity index (χ1) is 8.72. The van der Waals surface area contributed by atoms with Crippen molar-refractivity contribution in [3.63, 3.8) is 0 Å². The van der Waals surface area contributed by atoms with Gasteiger partial charge in [0.25, 0.3) is 0 Å². The van der Waals surface area contributed by atoms with E-state index in [4.69, 9.17) is 15.6 Å². The Balaban J connectivity index is 3.46. The summed E-state index contributed by atoms with van der Waals surface area (Å²) in [6.07, 6.45) is -4.55. The Kier molecular flexibility index (Phi) is 4.81. The lowest BCUT2D eigenvalue weighted by Crippen LogP contribution is -2.22. The molecular formula is C11H11BrF3NO3. The average molecular weight is 342 g/mol. The second-order valence-electron chi connectivity index (χ2n) is 3.70. The van der Waals surface area contributed by atoms with Gasteiger partial charge in [0.05, 0.1) is 18.6 Å². The number of nitrogens with two attached hydrogens (primary N) is 1. The van der Waals surface area contributed by atoms with Gasteiger partial charge in [-0.15, -0.1) is 0 Å². The number of methoxy groups -OCH3 is 1. The Hall–Kier alpha value is -1.28. The number of carboxylic acid groups (broad SMARTS) is 1. The van der Waals surface area contributed by atoms with Crippen molar-refractivity contribution in [2.75, 3.05) is 13.7 Å². The molecule has 0 spiro atoms. The zero-order valence-corrected chi connectivity index (χ0v) is 11.4. The number of carboxylic acids is 1. The number of hydrogen-bond acceptors (Lipinski definition) is 3. The van der Waals surface area contributed by atoms with Gasteiger partial charge in [-0.25, -0.2) is 0 Å². The summed E-state index contributed by atoms with van der Waals surface area (Å²) >= 11 is 2.94. The van der Waals surface area contributed by atoms with Crippen molar-refractivity contribution >= 4 is 21.9 Å². The van der Waals surface area contributed by atoms with Gasteiger partial charge in [-0.2, -0.15) is 13.2 Å². The van der Waals surface area contributed by atoms with Crippen LogP contribution in [0, 0.1) is 0 Å². The Morgan fingerprint density at radius 2 is 2.11 bits per heavy atom. The maximum Gasteiger partial charge on any atom is 0.416 e. The molecule has 3 N–H and O–H groups in total. The highest BCUT2D eigenvalue weighted by molar-refractivity contribution is 9.10. The zero-order chi connectivity index (χ0) is 14.8. The van der Waals surface area contributed by atoms with Crippen molar-refractivity contribution in [3.05, 3.63) is 27.7 Å². The molecule has 0 aliphatic heterocycles. The van der Waals surface area contributed by atoms with Crippen LogP contribution in [0.5, 0.6) is 5.75 Å². The lowest BCUT2D eigenvalue weighted by atomic mass is 9.96. The summed E-state index contributed by atoms with van der Waals surface area (Å²) in [6.45, 7) is -0.254. The molecule has 19 heavy (non-hydrogen) atoms. The molecule has 4 nitrogen and oxygen atoms in total. The van der Waals surface area contributed by atoms with Gasteiger partial charge in [-0.05, 0) is 12.1 Å². The Labute approximate surface area is 115 Å². The first-order valence-electron chi connectivity index (χ1n) is 5.09. The highest BCUT2D eigenvalue weighted by Crippen LogP contribution is 2.40. The summed E-state index contributed by atoms with van der Waals surface area (Å²) < 4.78 is 42.8. The van der Waals surface area contributed by atoms with Crippen LogP contribution in [-0.2, 0) is 11.0 Å². The third-order valence-corrected chi connectivity index (χ3v) is 3.18. The molecule has 0 aromatic heterocycles. The average Bonchev–Trinajstić information content (AvgIpc) is 2.29. The molecular weight excluding hydrogens is 331 g/mol. The number of aliphatic carboxylic acids is 1. The molecule has 1 rings (SSSR count). The summed E-state index contributed by atoms with van der Waals surface area (Å²) in [5.41, 5.74) is 4.50. The second-order valence-corrected chi connectivity index (χ2v) is 4.55. The SMILES string of the molecule is COc1cc(C(F)(F)F)cc(Br)c1C(CN)C(=O)O. The number of hydrogen-bond donors (Lipinski definition) is 2. The van der Waals surface area contributed by atoms with E-state index in [2.05, 4.69) is 15.9 Å². The fourth-order valence-electron chi connectivity index (χ4n) is 1.61. The Morgan fingerprint density at radius 1 is 1.53 bits per heavy atom. The van der Waals surface area contributed by atoms with E-state index >= 15 is 0 Å². The third kappa shape index (κ3) is 3.38. The highest BCUT2D eigenvalue weighted by Gasteiger charge is 2.34. The van der Waals surface area contributed by atoms with Gasteiger partial charge in [0, 0.05) is 16.6 Å². The van der Waals surface area contributed by atoms with Crippen LogP contribution < -0.4 is 10.5 Å². The van der Waals surface area contributed by atoms with Gasteiger partial charge in [0.2, 0.25) is 0 Å². The molecule has 1 atom stereocenters.